The first-order valence-electron chi connectivity index (χ1n) is 12.2. The van der Waals surface area contributed by atoms with Gasteiger partial charge in [-0.05, 0) is 75.0 Å². The minimum Gasteiger partial charge on any atom is -0.380 e. The van der Waals surface area contributed by atoms with Gasteiger partial charge in [-0.25, -0.2) is 9.78 Å². The van der Waals surface area contributed by atoms with Crippen LogP contribution in [-0.2, 0) is 20.1 Å². The molecule has 7 nitrogen and oxygen atoms in total. The first-order chi connectivity index (χ1) is 16.1. The molecule has 0 aromatic carbocycles. The molecule has 0 bridgehead atoms. The highest BCUT2D eigenvalue weighted by Crippen LogP contribution is 2.48. The summed E-state index contributed by atoms with van der Waals surface area (Å²) in [5.74, 6) is 1.39. The minimum absolute atomic E-state index is 0.0412. The van der Waals surface area contributed by atoms with Crippen molar-refractivity contribution in [3.63, 3.8) is 0 Å². The van der Waals surface area contributed by atoms with E-state index in [2.05, 4.69) is 17.1 Å². The number of alkyl halides is 3. The Hall–Kier alpha value is -2.36. The zero-order valence-corrected chi connectivity index (χ0v) is 19.3. The fourth-order valence-corrected chi connectivity index (χ4v) is 5.95. The molecule has 3 unspecified atom stereocenters. The summed E-state index contributed by atoms with van der Waals surface area (Å²) in [5.41, 5.74) is -2.94. The zero-order valence-electron chi connectivity index (χ0n) is 19.3. The van der Waals surface area contributed by atoms with Gasteiger partial charge < -0.3 is 9.67 Å². The van der Waals surface area contributed by atoms with Gasteiger partial charge in [0, 0.05) is 20.1 Å². The Kier molecular flexibility index (Phi) is 5.77. The normalized spacial score (nSPS) is 31.8. The van der Waals surface area contributed by atoms with Crippen LogP contribution in [0.3, 0.4) is 0 Å². The second kappa shape index (κ2) is 8.39. The average molecular weight is 481 g/mol. The third-order valence-corrected chi connectivity index (χ3v) is 8.25. The zero-order chi connectivity index (χ0) is 24.3. The molecule has 0 saturated heterocycles. The van der Waals surface area contributed by atoms with Crippen LogP contribution < -0.4 is 11.2 Å². The maximum Gasteiger partial charge on any atom is 0.417 e. The van der Waals surface area contributed by atoms with E-state index in [4.69, 9.17) is 0 Å². The molecule has 1 N–H and O–H groups in total. The Morgan fingerprint density at radius 2 is 1.91 bits per heavy atom. The lowest BCUT2D eigenvalue weighted by atomic mass is 9.78. The van der Waals surface area contributed by atoms with Crippen molar-refractivity contribution in [2.45, 2.75) is 76.2 Å². The second-order valence-corrected chi connectivity index (χ2v) is 10.5. The van der Waals surface area contributed by atoms with Gasteiger partial charge in [-0.1, -0.05) is 12.2 Å². The van der Waals surface area contributed by atoms with Crippen LogP contribution in [0.5, 0.6) is 0 Å². The molecule has 34 heavy (non-hydrogen) atoms. The highest BCUT2D eigenvalue weighted by Gasteiger charge is 2.54. The van der Waals surface area contributed by atoms with Crippen LogP contribution in [0.25, 0.3) is 11.2 Å². The van der Waals surface area contributed by atoms with Crippen LogP contribution in [0, 0.1) is 23.7 Å². The third-order valence-electron chi connectivity index (χ3n) is 8.25. The Morgan fingerprint density at radius 1 is 1.18 bits per heavy atom. The first-order valence-corrected chi connectivity index (χ1v) is 12.2. The molecule has 0 radical (unpaired) electrons. The number of imidazole rings is 1. The van der Waals surface area contributed by atoms with Crippen molar-refractivity contribution in [1.82, 2.24) is 18.7 Å². The molecule has 5 rings (SSSR count). The van der Waals surface area contributed by atoms with Crippen LogP contribution in [-0.4, -0.2) is 35.6 Å². The molecule has 3 aliphatic rings. The monoisotopic (exact) mass is 480 g/mol. The topological polar surface area (TPSA) is 82.0 Å². The number of nitrogens with zero attached hydrogens (tertiary/aromatic N) is 4. The van der Waals surface area contributed by atoms with E-state index in [9.17, 15) is 27.9 Å². The Morgan fingerprint density at radius 3 is 2.56 bits per heavy atom. The van der Waals surface area contributed by atoms with Crippen LogP contribution in [0.1, 0.15) is 51.4 Å². The summed E-state index contributed by atoms with van der Waals surface area (Å²) in [6.07, 6.45) is 5.54. The second-order valence-electron chi connectivity index (χ2n) is 10.5. The summed E-state index contributed by atoms with van der Waals surface area (Å²) < 4.78 is 43.7. The van der Waals surface area contributed by atoms with Crippen molar-refractivity contribution >= 4 is 11.2 Å². The number of rotatable bonds is 5. The standard InChI is InChI=1S/C24H31F3N4O3/c1-29-20-19(30(14-28-20)13-17-11-18(17)16-5-3-2-4-6-16)21(32)31(22(29)33)12-15-7-9-23(34,10-8-15)24(25,26)27/h3,5,14-18,34H,2,4,6-13H2,1H3. The van der Waals surface area contributed by atoms with Gasteiger partial charge in [-0.3, -0.25) is 13.9 Å². The summed E-state index contributed by atoms with van der Waals surface area (Å²) in [6.45, 7) is 0.709. The van der Waals surface area contributed by atoms with Crippen molar-refractivity contribution < 1.29 is 18.3 Å². The maximum absolute atomic E-state index is 13.4. The van der Waals surface area contributed by atoms with Crippen LogP contribution in [0.2, 0.25) is 0 Å². The van der Waals surface area contributed by atoms with E-state index in [1.54, 1.807) is 13.4 Å². The van der Waals surface area contributed by atoms with Gasteiger partial charge in [0.1, 0.15) is 0 Å². The Labute approximate surface area is 194 Å². The molecule has 2 aromatic heterocycles. The largest absolute Gasteiger partial charge is 0.417 e. The summed E-state index contributed by atoms with van der Waals surface area (Å²) in [6, 6.07) is 0. The van der Waals surface area contributed by atoms with Gasteiger partial charge in [-0.15, -0.1) is 0 Å². The predicted octanol–water partition coefficient (Wildman–Crippen LogP) is 3.37. The van der Waals surface area contributed by atoms with Crippen molar-refractivity contribution in [2.75, 3.05) is 0 Å². The number of aryl methyl sites for hydroxylation is 1. The van der Waals surface area contributed by atoms with Gasteiger partial charge in [0.15, 0.2) is 16.8 Å². The number of aromatic nitrogens is 4. The molecule has 3 aliphatic carbocycles. The maximum atomic E-state index is 13.4. The molecule has 2 aromatic rings. The summed E-state index contributed by atoms with van der Waals surface area (Å²) in [4.78, 5) is 30.6. The van der Waals surface area contributed by atoms with Crippen molar-refractivity contribution in [3.8, 4) is 0 Å². The van der Waals surface area contributed by atoms with Crippen LogP contribution in [0.15, 0.2) is 28.1 Å². The van der Waals surface area contributed by atoms with E-state index in [1.807, 2.05) is 4.57 Å². The highest BCUT2D eigenvalue weighted by atomic mass is 19.4. The molecular weight excluding hydrogens is 449 g/mol. The van der Waals surface area contributed by atoms with Crippen molar-refractivity contribution in [3.05, 3.63) is 39.3 Å². The lowest BCUT2D eigenvalue weighted by molar-refractivity contribution is -0.272. The molecule has 0 spiro atoms. The third kappa shape index (κ3) is 4.03. The summed E-state index contributed by atoms with van der Waals surface area (Å²) >= 11 is 0. The molecule has 186 valence electrons. The quantitative estimate of drug-likeness (QED) is 0.666. The molecule has 10 heteroatoms. The molecular formula is C24H31F3N4O3. The number of halogens is 3. The first kappa shape index (κ1) is 23.4. The van der Waals surface area contributed by atoms with E-state index in [-0.39, 0.29) is 25.3 Å². The molecule has 2 heterocycles. The van der Waals surface area contributed by atoms with Crippen molar-refractivity contribution in [2.24, 2.45) is 30.7 Å². The summed E-state index contributed by atoms with van der Waals surface area (Å²) in [7, 11) is 1.56. The molecule has 2 fully saturated rings. The van der Waals surface area contributed by atoms with Crippen LogP contribution >= 0.6 is 0 Å². The smallest absolute Gasteiger partial charge is 0.380 e. The number of allylic oxidation sites excluding steroid dienone is 2. The van der Waals surface area contributed by atoms with E-state index in [0.717, 1.165) is 17.4 Å². The Bertz CT molecular complexity index is 1220. The van der Waals surface area contributed by atoms with E-state index >= 15 is 0 Å². The average Bonchev–Trinajstić information content (AvgIpc) is 3.45. The fraction of sp³-hybridized carbons (Fsp3) is 0.708. The molecule has 0 amide bonds. The number of aliphatic hydroxyl groups is 1. The van der Waals surface area contributed by atoms with E-state index in [1.165, 1.54) is 17.4 Å². The minimum atomic E-state index is -4.68. The SMILES string of the molecule is Cn1c(=O)n(CC2CCC(O)(C(F)(F)F)CC2)c(=O)c2c1ncn2CC1CC1C1C=CCCC1. The van der Waals surface area contributed by atoms with Crippen LogP contribution in [0.4, 0.5) is 13.2 Å². The predicted molar refractivity (Wildman–Crippen MR) is 120 cm³/mol. The molecule has 0 aliphatic heterocycles. The summed E-state index contributed by atoms with van der Waals surface area (Å²) in [5, 5.41) is 9.93. The molecule has 3 atom stereocenters. The van der Waals surface area contributed by atoms with E-state index < -0.39 is 35.9 Å². The lowest BCUT2D eigenvalue weighted by Crippen LogP contribution is -2.49. The Balaban J connectivity index is 1.36. The number of hydrogen-bond donors (Lipinski definition) is 1. The van der Waals surface area contributed by atoms with Gasteiger partial charge in [0.05, 0.1) is 6.33 Å². The fourth-order valence-electron chi connectivity index (χ4n) is 5.95. The van der Waals surface area contributed by atoms with Gasteiger partial charge in [-0.2, -0.15) is 13.2 Å². The highest BCUT2D eigenvalue weighted by molar-refractivity contribution is 5.70. The van der Waals surface area contributed by atoms with Crippen molar-refractivity contribution in [1.29, 1.82) is 0 Å². The van der Waals surface area contributed by atoms with Gasteiger partial charge in [0.25, 0.3) is 5.56 Å². The number of fused-ring (bicyclic) bond motifs is 1. The number of hydrogen-bond acceptors (Lipinski definition) is 4. The lowest BCUT2D eigenvalue weighted by Gasteiger charge is -2.37. The van der Waals surface area contributed by atoms with Gasteiger partial charge in [0.2, 0.25) is 0 Å². The van der Waals surface area contributed by atoms with E-state index in [0.29, 0.717) is 35.5 Å². The van der Waals surface area contributed by atoms with Gasteiger partial charge >= 0.3 is 11.9 Å². The molecule has 2 saturated carbocycles.